The molecule has 59 heavy (non-hydrogen) atoms. The summed E-state index contributed by atoms with van der Waals surface area (Å²) in [4.78, 5) is 78.2. The Hall–Kier alpha value is -5.45. The third kappa shape index (κ3) is 7.53. The lowest BCUT2D eigenvalue weighted by atomic mass is 9.87. The summed E-state index contributed by atoms with van der Waals surface area (Å²) in [5.41, 5.74) is 3.36. The van der Waals surface area contributed by atoms with E-state index in [-0.39, 0.29) is 36.7 Å². The number of ether oxygens (including phenoxy) is 1. The number of nitrogens with zero attached hydrogens (tertiary/aromatic N) is 6. The molecule has 3 atom stereocenters. The summed E-state index contributed by atoms with van der Waals surface area (Å²) in [6.45, 7) is 15.9. The first kappa shape index (κ1) is 39.0. The maximum atomic E-state index is 13.9. The molecule has 0 spiro atoms. The van der Waals surface area contributed by atoms with E-state index in [1.54, 1.807) is 30.3 Å². The second kappa shape index (κ2) is 15.6. The molecule has 5 fully saturated rings. The lowest BCUT2D eigenvalue weighted by molar-refractivity contribution is -0.136. The Labute approximate surface area is 349 Å². The van der Waals surface area contributed by atoms with Crippen molar-refractivity contribution in [1.29, 1.82) is 0 Å². The van der Waals surface area contributed by atoms with Crippen LogP contribution in [0.15, 0.2) is 60.7 Å². The van der Waals surface area contributed by atoms with Gasteiger partial charge in [0.15, 0.2) is 0 Å². The quantitative estimate of drug-likeness (QED) is 0.217. The Morgan fingerprint density at radius 2 is 1.47 bits per heavy atom. The number of amides is 5. The molecule has 6 heterocycles. The smallest absolute Gasteiger partial charge is 0.262 e. The van der Waals surface area contributed by atoms with Crippen molar-refractivity contribution in [3.63, 3.8) is 0 Å². The maximum absolute atomic E-state index is 13.9. The molecule has 6 aliphatic rings. The predicted molar refractivity (Wildman–Crippen MR) is 222 cm³/mol. The SMILES string of the molecule is [C-]#[N+]c1ccc(OC2(C)CC3CCC(C2)N3C(=O)c2ccc(N3CCN(CC4CCN(c5ccc6c(c5)C(=O)N(C5CCC(=O)NC5=O)C6=O)CC4)CC3)cc2)cc1Cl. The fourth-order valence-corrected chi connectivity index (χ4v) is 10.5. The largest absolute Gasteiger partial charge is 0.487 e. The van der Waals surface area contributed by atoms with Gasteiger partial charge in [0, 0.05) is 94.1 Å². The highest BCUT2D eigenvalue weighted by molar-refractivity contribution is 6.33. The first-order valence-corrected chi connectivity index (χ1v) is 21.2. The number of fused-ring (bicyclic) bond motifs is 3. The first-order chi connectivity index (χ1) is 28.5. The third-order valence-electron chi connectivity index (χ3n) is 13.4. The van der Waals surface area contributed by atoms with Gasteiger partial charge in [-0.1, -0.05) is 17.7 Å². The van der Waals surface area contributed by atoms with Crippen LogP contribution in [0.2, 0.25) is 5.02 Å². The van der Waals surface area contributed by atoms with Crippen molar-refractivity contribution < 1.29 is 28.7 Å². The number of nitrogens with one attached hydrogen (secondary N) is 1. The van der Waals surface area contributed by atoms with Gasteiger partial charge in [0.2, 0.25) is 17.5 Å². The molecular formula is C45H48ClN7O6. The summed E-state index contributed by atoms with van der Waals surface area (Å²) in [5, 5.41) is 2.63. The summed E-state index contributed by atoms with van der Waals surface area (Å²) in [5.74, 6) is -0.654. The molecule has 6 aliphatic heterocycles. The van der Waals surface area contributed by atoms with Gasteiger partial charge in [0.1, 0.15) is 17.4 Å². The Morgan fingerprint density at radius 1 is 0.814 bits per heavy atom. The van der Waals surface area contributed by atoms with Crippen LogP contribution in [0.1, 0.15) is 89.4 Å². The van der Waals surface area contributed by atoms with E-state index in [0.717, 1.165) is 106 Å². The molecule has 0 saturated carbocycles. The molecule has 3 aromatic rings. The van der Waals surface area contributed by atoms with Crippen LogP contribution in [-0.2, 0) is 9.59 Å². The number of piperazine rings is 1. The molecule has 14 heteroatoms. The van der Waals surface area contributed by atoms with Gasteiger partial charge in [-0.2, -0.15) is 0 Å². The average Bonchev–Trinajstić information content (AvgIpc) is 3.66. The van der Waals surface area contributed by atoms with Crippen molar-refractivity contribution in [3.05, 3.63) is 93.8 Å². The van der Waals surface area contributed by atoms with E-state index in [9.17, 15) is 24.0 Å². The second-order valence-electron chi connectivity index (χ2n) is 17.2. The van der Waals surface area contributed by atoms with E-state index in [1.807, 2.05) is 18.2 Å². The topological polar surface area (TPSA) is 127 Å². The number of carbonyl (C=O) groups excluding carboxylic acids is 5. The molecule has 0 radical (unpaired) electrons. The summed E-state index contributed by atoms with van der Waals surface area (Å²) in [7, 11) is 0. The number of piperidine rings is 3. The monoisotopic (exact) mass is 817 g/mol. The molecular weight excluding hydrogens is 770 g/mol. The number of benzene rings is 3. The first-order valence-electron chi connectivity index (χ1n) is 20.8. The van der Waals surface area contributed by atoms with E-state index in [1.165, 1.54) is 0 Å². The summed E-state index contributed by atoms with van der Waals surface area (Å²) in [6.07, 6.45) is 5.70. The van der Waals surface area contributed by atoms with E-state index in [2.05, 4.69) is 48.8 Å². The molecule has 0 aromatic heterocycles. The zero-order chi connectivity index (χ0) is 41.0. The summed E-state index contributed by atoms with van der Waals surface area (Å²) in [6, 6.07) is 18.0. The number of halogens is 1. The standard InChI is InChI=1S/C45H48ClN7O6/c1-45(59-34-10-12-38(47-2)37(46)24-34)25-32-7-8-33(26-45)52(32)42(56)29-3-5-30(6-4-29)51-21-19-49(20-22-51)27-28-15-17-50(18-16-28)31-9-11-35-36(23-31)44(58)53(43(35)57)39-13-14-40(54)48-41(39)55/h3-6,9-12,23-24,28,32-33,39H,7-8,13-22,25-27H2,1H3,(H,48,54,55). The number of carbonyl (C=O) groups is 5. The summed E-state index contributed by atoms with van der Waals surface area (Å²) < 4.78 is 6.46. The highest BCUT2D eigenvalue weighted by Crippen LogP contribution is 2.44. The molecule has 3 unspecified atom stereocenters. The Balaban J connectivity index is 0.736. The Morgan fingerprint density at radius 3 is 2.14 bits per heavy atom. The minimum absolute atomic E-state index is 0.0857. The highest BCUT2D eigenvalue weighted by atomic mass is 35.5. The lowest BCUT2D eigenvalue weighted by Crippen LogP contribution is -2.54. The van der Waals surface area contributed by atoms with Crippen molar-refractivity contribution >= 4 is 58.2 Å². The molecule has 1 N–H and O–H groups in total. The van der Waals surface area contributed by atoms with Crippen molar-refractivity contribution in [2.75, 3.05) is 55.6 Å². The fraction of sp³-hybridized carbons (Fsp3) is 0.467. The number of hydrogen-bond donors (Lipinski definition) is 1. The van der Waals surface area contributed by atoms with Gasteiger partial charge in [0.25, 0.3) is 17.7 Å². The fourth-order valence-electron chi connectivity index (χ4n) is 10.3. The molecule has 9 rings (SSSR count). The van der Waals surface area contributed by atoms with Crippen molar-refractivity contribution in [2.45, 2.75) is 82.0 Å². The second-order valence-corrected chi connectivity index (χ2v) is 17.6. The summed E-state index contributed by atoms with van der Waals surface area (Å²) >= 11 is 6.28. The Kier molecular flexibility index (Phi) is 10.3. The van der Waals surface area contributed by atoms with Crippen LogP contribution in [0.25, 0.3) is 4.85 Å². The zero-order valence-corrected chi connectivity index (χ0v) is 34.0. The molecule has 0 aliphatic carbocycles. The molecule has 3 aromatic carbocycles. The number of anilines is 2. The van der Waals surface area contributed by atoms with Crippen molar-refractivity contribution in [2.24, 2.45) is 5.92 Å². The normalized spacial score (nSPS) is 26.2. The molecule has 13 nitrogen and oxygen atoms in total. The highest BCUT2D eigenvalue weighted by Gasteiger charge is 2.50. The Bertz CT molecular complexity index is 2230. The van der Waals surface area contributed by atoms with E-state index >= 15 is 0 Å². The minimum Gasteiger partial charge on any atom is -0.487 e. The van der Waals surface area contributed by atoms with Crippen LogP contribution in [0.4, 0.5) is 17.1 Å². The van der Waals surface area contributed by atoms with Gasteiger partial charge in [0.05, 0.1) is 22.7 Å². The number of rotatable bonds is 8. The number of hydrogen-bond acceptors (Lipinski definition) is 9. The van der Waals surface area contributed by atoms with Crippen LogP contribution in [-0.4, -0.2) is 114 Å². The average molecular weight is 818 g/mol. The van der Waals surface area contributed by atoms with Crippen molar-refractivity contribution in [3.8, 4) is 5.75 Å². The van der Waals surface area contributed by atoms with Crippen molar-refractivity contribution in [1.82, 2.24) is 20.0 Å². The lowest BCUT2D eigenvalue weighted by Gasteiger charge is -2.45. The predicted octanol–water partition coefficient (Wildman–Crippen LogP) is 5.94. The van der Waals surface area contributed by atoms with Gasteiger partial charge >= 0.3 is 0 Å². The van der Waals surface area contributed by atoms with E-state index in [0.29, 0.717) is 33.5 Å². The van der Waals surface area contributed by atoms with E-state index in [4.69, 9.17) is 22.9 Å². The van der Waals surface area contributed by atoms with Gasteiger partial charge in [-0.15, -0.1) is 0 Å². The van der Waals surface area contributed by atoms with Crippen LogP contribution in [0.5, 0.6) is 5.75 Å². The number of imide groups is 2. The minimum atomic E-state index is -0.969. The molecule has 2 bridgehead atoms. The van der Waals surface area contributed by atoms with Gasteiger partial charge in [-0.3, -0.25) is 39.1 Å². The van der Waals surface area contributed by atoms with Crippen LogP contribution >= 0.6 is 11.6 Å². The van der Waals surface area contributed by atoms with Gasteiger partial charge in [-0.25, -0.2) is 4.85 Å². The van der Waals surface area contributed by atoms with Crippen LogP contribution in [0, 0.1) is 12.5 Å². The molecule has 5 saturated heterocycles. The van der Waals surface area contributed by atoms with E-state index < -0.39 is 29.4 Å². The van der Waals surface area contributed by atoms with Crippen LogP contribution < -0.4 is 19.9 Å². The van der Waals surface area contributed by atoms with Crippen LogP contribution in [0.3, 0.4) is 0 Å². The van der Waals surface area contributed by atoms with Gasteiger partial charge in [-0.05, 0) is 99.5 Å². The van der Waals surface area contributed by atoms with Gasteiger partial charge < -0.3 is 19.4 Å². The third-order valence-corrected chi connectivity index (χ3v) is 13.7. The maximum Gasteiger partial charge on any atom is 0.262 e. The molecule has 306 valence electrons. The zero-order valence-electron chi connectivity index (χ0n) is 33.2. The molecule has 5 amide bonds.